The Balaban J connectivity index is 1.16. The first-order valence-corrected chi connectivity index (χ1v) is 14.8. The van der Waals surface area contributed by atoms with Crippen LogP contribution >= 0.6 is 19.0 Å². The van der Waals surface area contributed by atoms with E-state index in [4.69, 9.17) is 24.3 Å². The van der Waals surface area contributed by atoms with E-state index in [9.17, 15) is 24.7 Å². The zero-order chi connectivity index (χ0) is 28.2. The van der Waals surface area contributed by atoms with Gasteiger partial charge in [0.2, 0.25) is 5.78 Å². The minimum Gasteiger partial charge on any atom is -0.394 e. The van der Waals surface area contributed by atoms with Gasteiger partial charge in [-0.25, -0.2) is 24.0 Å². The molecule has 4 aromatic rings. The van der Waals surface area contributed by atoms with Gasteiger partial charge in [-0.2, -0.15) is 5.10 Å². The summed E-state index contributed by atoms with van der Waals surface area (Å²) >= 11 is 4.06. The summed E-state index contributed by atoms with van der Waals surface area (Å²) in [6.07, 6.45) is -0.357. The highest BCUT2D eigenvalue weighted by atomic mass is 32.7. The summed E-state index contributed by atoms with van der Waals surface area (Å²) in [6, 6.07) is 1.25. The quantitative estimate of drug-likeness (QED) is 0.123. The molecule has 0 aromatic carbocycles. The lowest BCUT2D eigenvalue weighted by Crippen LogP contribution is -2.35. The van der Waals surface area contributed by atoms with Crippen LogP contribution in [0.1, 0.15) is 24.4 Å². The summed E-state index contributed by atoms with van der Waals surface area (Å²) < 4.78 is 40.1. The molecule has 6 heterocycles. The van der Waals surface area contributed by atoms with Crippen LogP contribution in [0.25, 0.3) is 11.4 Å². The first kappa shape index (κ1) is 27.3. The third-order valence-electron chi connectivity index (χ3n) is 6.80. The number of nitrogens with zero attached hydrogens (tertiary/aromatic N) is 7. The predicted molar refractivity (Wildman–Crippen MR) is 137 cm³/mol. The van der Waals surface area contributed by atoms with E-state index < -0.39 is 56.3 Å². The van der Waals surface area contributed by atoms with Crippen LogP contribution in [0.5, 0.6) is 0 Å². The molecule has 2 saturated heterocycles. The van der Waals surface area contributed by atoms with Crippen LogP contribution in [-0.2, 0) is 23.1 Å². The van der Waals surface area contributed by atoms with Gasteiger partial charge in [0.1, 0.15) is 36.8 Å². The average molecular weight is 597 g/mol. The van der Waals surface area contributed by atoms with Gasteiger partial charge in [-0.15, -0.1) is 0 Å². The van der Waals surface area contributed by atoms with E-state index in [0.29, 0.717) is 11.3 Å². The number of nitrogens with two attached hydrogens (primary N) is 1. The first-order chi connectivity index (χ1) is 19.2. The molecule has 5 N–H and O–H groups in total. The Hall–Kier alpha value is -2.93. The van der Waals surface area contributed by atoms with Crippen molar-refractivity contribution in [2.75, 3.05) is 18.9 Å². The van der Waals surface area contributed by atoms with Crippen molar-refractivity contribution in [3.63, 3.8) is 0 Å². The maximum Gasteiger partial charge on any atom is 0.386 e. The summed E-state index contributed by atoms with van der Waals surface area (Å²) in [7, 11) is 0. The number of aliphatic hydroxyl groups excluding tert-OH is 3. The molecule has 0 spiro atoms. The first-order valence-electron chi connectivity index (χ1n) is 12.1. The largest absolute Gasteiger partial charge is 0.394 e. The minimum absolute atomic E-state index is 0.166. The molecule has 40 heavy (non-hydrogen) atoms. The smallest absolute Gasteiger partial charge is 0.386 e. The van der Waals surface area contributed by atoms with Gasteiger partial charge in [0.05, 0.1) is 31.2 Å². The number of fused-ring (bicyclic) bond motifs is 2. The Morgan fingerprint density at radius 1 is 1.20 bits per heavy atom. The fraction of sp³-hybridized carbons (Fsp3) is 0.476. The number of aromatic nitrogens is 7. The molecule has 214 valence electrons. The van der Waals surface area contributed by atoms with Crippen molar-refractivity contribution in [1.29, 1.82) is 0 Å². The summed E-state index contributed by atoms with van der Waals surface area (Å²) in [5.41, 5.74) is 6.35. The Morgan fingerprint density at radius 2 is 2.02 bits per heavy atom. The number of hydrogen-bond donors (Lipinski definition) is 5. The number of hydrogen-bond acceptors (Lipinski definition) is 14. The number of aliphatic hydroxyl groups is 3. The molecular weight excluding hydrogens is 571 g/mol. The molecule has 17 nitrogen and oxygen atoms in total. The predicted octanol–water partition coefficient (Wildman–Crippen LogP) is -0.903. The van der Waals surface area contributed by atoms with Gasteiger partial charge in [-0.05, 0) is 0 Å². The fourth-order valence-corrected chi connectivity index (χ4v) is 6.31. The van der Waals surface area contributed by atoms with Crippen LogP contribution in [0.3, 0.4) is 0 Å². The summed E-state index contributed by atoms with van der Waals surface area (Å²) in [5, 5.41) is 35.2. The SMILES string of the molecule is Nc1ncnn2c([C@H]3C[C@H](O)[C@@H](COP(=O)(S)O[C@@H]4[C@H](O)[C@@H](CO)O[C@H]4n4ccc(=O)n5ccnc45)O3)cnc12. The lowest BCUT2D eigenvalue weighted by atomic mass is 10.1. The summed E-state index contributed by atoms with van der Waals surface area (Å²) in [4.78, 5) is 24.4. The van der Waals surface area contributed by atoms with Crippen molar-refractivity contribution in [3.8, 4) is 0 Å². The number of nitrogen functional groups attached to an aromatic ring is 1. The molecule has 2 fully saturated rings. The second-order valence-electron chi connectivity index (χ2n) is 9.26. The molecule has 8 atom stereocenters. The van der Waals surface area contributed by atoms with Crippen LogP contribution in [0.15, 0.2) is 42.0 Å². The van der Waals surface area contributed by atoms with Crippen LogP contribution in [0, 0.1) is 0 Å². The topological polar surface area (TPSA) is 223 Å². The molecule has 0 aliphatic carbocycles. The zero-order valence-corrected chi connectivity index (χ0v) is 22.3. The van der Waals surface area contributed by atoms with Crippen LogP contribution in [0.4, 0.5) is 5.82 Å². The van der Waals surface area contributed by atoms with Crippen molar-refractivity contribution in [2.24, 2.45) is 0 Å². The summed E-state index contributed by atoms with van der Waals surface area (Å²) in [6.45, 7) is -5.14. The lowest BCUT2D eigenvalue weighted by Gasteiger charge is -2.26. The number of ether oxygens (including phenoxy) is 2. The monoisotopic (exact) mass is 596 g/mol. The second-order valence-corrected chi connectivity index (χ2v) is 12.1. The van der Waals surface area contributed by atoms with Gasteiger partial charge in [0.15, 0.2) is 17.7 Å². The molecule has 19 heteroatoms. The third-order valence-corrected chi connectivity index (χ3v) is 8.42. The van der Waals surface area contributed by atoms with E-state index in [2.05, 4.69) is 32.3 Å². The van der Waals surface area contributed by atoms with Crippen molar-refractivity contribution in [1.82, 2.24) is 33.5 Å². The van der Waals surface area contributed by atoms with E-state index in [1.165, 1.54) is 50.7 Å². The molecule has 0 bridgehead atoms. The third kappa shape index (κ3) is 4.80. The van der Waals surface area contributed by atoms with Gasteiger partial charge in [-0.3, -0.25) is 22.8 Å². The maximum absolute atomic E-state index is 13.3. The van der Waals surface area contributed by atoms with Crippen molar-refractivity contribution in [3.05, 3.63) is 53.2 Å². The molecular formula is C21H25N8O9PS. The van der Waals surface area contributed by atoms with Gasteiger partial charge in [0, 0.05) is 31.1 Å². The highest BCUT2D eigenvalue weighted by molar-refractivity contribution is 8.44. The van der Waals surface area contributed by atoms with E-state index in [1.807, 2.05) is 0 Å². The molecule has 4 aromatic heterocycles. The minimum atomic E-state index is -4.21. The van der Waals surface area contributed by atoms with E-state index in [-0.39, 0.29) is 30.2 Å². The number of thiol groups is 1. The maximum atomic E-state index is 13.3. The van der Waals surface area contributed by atoms with Crippen molar-refractivity contribution in [2.45, 2.75) is 49.3 Å². The second kappa shape index (κ2) is 10.5. The highest BCUT2D eigenvalue weighted by Gasteiger charge is 2.49. The fourth-order valence-electron chi connectivity index (χ4n) is 4.85. The Kier molecular flexibility index (Phi) is 7.14. The molecule has 0 saturated carbocycles. The van der Waals surface area contributed by atoms with Gasteiger partial charge in [0.25, 0.3) is 5.56 Å². The molecule has 0 amide bonds. The van der Waals surface area contributed by atoms with Crippen LogP contribution in [0.2, 0.25) is 0 Å². The number of imidazole rings is 2. The number of anilines is 1. The highest BCUT2D eigenvalue weighted by Crippen LogP contribution is 2.57. The number of rotatable bonds is 8. The molecule has 1 unspecified atom stereocenters. The standard InChI is InChI=1S/C21H25N8O9PS/c22-18-19-24-6-10(29(19)26-9-25-18)12-5-11(31)14(36-12)8-35-39(34,40)38-17-16(33)13(7-30)37-20(17)28-3-1-15(32)27-4-2-23-21(27)28/h1-4,6,9,11-14,16-17,20,30-31,33H,5,7-8H2,(H,34,40)(H2,22,25,26)/t11-,12+,13+,14+,16+,17+,20+,39?/m0/s1. The Labute approximate surface area is 229 Å². The molecule has 0 radical (unpaired) electrons. The van der Waals surface area contributed by atoms with Crippen LogP contribution in [-0.4, -0.2) is 92.6 Å². The van der Waals surface area contributed by atoms with Gasteiger partial charge < -0.3 is 30.5 Å². The Bertz CT molecular complexity index is 1650. The molecule has 2 aliphatic rings. The average Bonchev–Trinajstić information content (AvgIpc) is 3.70. The normalized spacial score (nSPS) is 30.4. The van der Waals surface area contributed by atoms with Gasteiger partial charge >= 0.3 is 6.80 Å². The van der Waals surface area contributed by atoms with Crippen LogP contribution < -0.4 is 11.3 Å². The Morgan fingerprint density at radius 3 is 2.83 bits per heavy atom. The molecule has 2 aliphatic heterocycles. The zero-order valence-electron chi connectivity index (χ0n) is 20.5. The van der Waals surface area contributed by atoms with Crippen molar-refractivity contribution >= 4 is 36.3 Å². The van der Waals surface area contributed by atoms with E-state index >= 15 is 0 Å². The van der Waals surface area contributed by atoms with E-state index in [0.717, 1.165) is 0 Å². The van der Waals surface area contributed by atoms with Crippen molar-refractivity contribution < 1.29 is 38.4 Å². The summed E-state index contributed by atoms with van der Waals surface area (Å²) in [5.74, 6) is 0.350. The molecule has 6 rings (SSSR count). The lowest BCUT2D eigenvalue weighted by molar-refractivity contribution is -0.0511. The van der Waals surface area contributed by atoms with E-state index in [1.54, 1.807) is 0 Å². The van der Waals surface area contributed by atoms with Gasteiger partial charge in [-0.1, -0.05) is 12.2 Å².